The summed E-state index contributed by atoms with van der Waals surface area (Å²) in [7, 11) is 0. The normalized spacial score (nSPS) is 13.5. The Kier molecular flexibility index (Phi) is 13.8. The summed E-state index contributed by atoms with van der Waals surface area (Å²) >= 11 is 3.49. The lowest BCUT2D eigenvalue weighted by Crippen LogP contribution is -2.04. The van der Waals surface area contributed by atoms with E-state index >= 15 is 0 Å². The Morgan fingerprint density at radius 3 is 2.21 bits per heavy atom. The van der Waals surface area contributed by atoms with E-state index in [2.05, 4.69) is 150 Å². The standard InChI is InChI=1S/C56H51N5S2/c1-11-18-20-25-36(8)53-58-54(39(14-4)26-19-12-2)60-55(59-53)42-31-32-51-48(35-42)57-56(63-51)41(16-6)33-43(17-7)61-38(10)47(37(9)49(61)24-13-3)34-40(15-5)44-28-23-29-46-45-27-21-22-30-50(45)62-52(44)46/h11-35H,1-2,5,7H2,3-4,6,8-10H3/b20-18-,24-13-,26-19-,36-25+,39-14+,40-34+,41-16+,43-33+. The third-order valence-electron chi connectivity index (χ3n) is 10.9. The van der Waals surface area contributed by atoms with Crippen molar-refractivity contribution in [3.63, 3.8) is 0 Å². The van der Waals surface area contributed by atoms with Crippen molar-refractivity contribution in [1.82, 2.24) is 24.5 Å². The van der Waals surface area contributed by atoms with E-state index in [0.717, 1.165) is 65.7 Å². The molecule has 7 heteroatoms. The molecule has 0 N–H and O–H groups in total. The highest BCUT2D eigenvalue weighted by molar-refractivity contribution is 7.26. The van der Waals surface area contributed by atoms with Gasteiger partial charge in [0.15, 0.2) is 17.5 Å². The van der Waals surface area contributed by atoms with E-state index in [9.17, 15) is 0 Å². The zero-order valence-corrected chi connectivity index (χ0v) is 38.4. The largest absolute Gasteiger partial charge is 0.314 e. The average molecular weight is 858 g/mol. The monoisotopic (exact) mass is 857 g/mol. The van der Waals surface area contributed by atoms with Crippen molar-refractivity contribution in [2.45, 2.75) is 41.5 Å². The highest BCUT2D eigenvalue weighted by Crippen LogP contribution is 2.40. The first-order valence-corrected chi connectivity index (χ1v) is 22.5. The van der Waals surface area contributed by atoms with E-state index in [1.54, 1.807) is 23.5 Å². The molecule has 0 saturated carbocycles. The molecule has 0 saturated heterocycles. The van der Waals surface area contributed by atoms with Crippen molar-refractivity contribution < 1.29 is 0 Å². The molecule has 0 fully saturated rings. The van der Waals surface area contributed by atoms with E-state index in [1.165, 1.54) is 31.3 Å². The average Bonchev–Trinajstić information content (AvgIpc) is 3.97. The number of hydrogen-bond acceptors (Lipinski definition) is 6. The molecular formula is C56H51N5S2. The maximum absolute atomic E-state index is 5.20. The van der Waals surface area contributed by atoms with Gasteiger partial charge in [-0.2, -0.15) is 0 Å². The van der Waals surface area contributed by atoms with Gasteiger partial charge < -0.3 is 4.57 Å². The SMILES string of the molecule is C=C/C=C\C=C(/C)c1nc(C(/C=C\C=C)=C/C)nc(-c2ccc3sc(C(=C/C)/C=C(\C=C)n4c(C)c(/C=C(\C=C)c5cccc6c5sc5ccccc56)c(C)c4/C=C\C)nc3c2)n1. The minimum absolute atomic E-state index is 0.568. The summed E-state index contributed by atoms with van der Waals surface area (Å²) in [5, 5.41) is 3.45. The molecule has 4 heterocycles. The molecule has 0 aliphatic carbocycles. The maximum atomic E-state index is 5.20. The van der Waals surface area contributed by atoms with Crippen LogP contribution in [0.2, 0.25) is 0 Å². The first-order chi connectivity index (χ1) is 30.7. The summed E-state index contributed by atoms with van der Waals surface area (Å²) in [6, 6.07) is 21.4. The molecule has 0 amide bonds. The van der Waals surface area contributed by atoms with Gasteiger partial charge in [-0.1, -0.05) is 130 Å². The van der Waals surface area contributed by atoms with Gasteiger partial charge in [-0.05, 0) is 118 Å². The lowest BCUT2D eigenvalue weighted by Gasteiger charge is -2.12. The van der Waals surface area contributed by atoms with E-state index in [1.807, 2.05) is 73.8 Å². The second-order valence-electron chi connectivity index (χ2n) is 14.8. The Labute approximate surface area is 379 Å². The molecule has 63 heavy (non-hydrogen) atoms. The second-order valence-corrected chi connectivity index (χ2v) is 16.8. The fourth-order valence-electron chi connectivity index (χ4n) is 7.63. The predicted molar refractivity (Wildman–Crippen MR) is 279 cm³/mol. The van der Waals surface area contributed by atoms with Crippen molar-refractivity contribution in [2.75, 3.05) is 0 Å². The van der Waals surface area contributed by atoms with Crippen molar-refractivity contribution in [3.05, 3.63) is 211 Å². The van der Waals surface area contributed by atoms with Crippen LogP contribution in [0.1, 0.15) is 72.4 Å². The molecule has 0 bridgehead atoms. The number of thiophene rings is 1. The minimum Gasteiger partial charge on any atom is -0.314 e. The van der Waals surface area contributed by atoms with Crippen LogP contribution in [-0.4, -0.2) is 24.5 Å². The Balaban J connectivity index is 1.29. The Morgan fingerprint density at radius 2 is 1.48 bits per heavy atom. The molecule has 7 aromatic rings. The topological polar surface area (TPSA) is 56.5 Å². The smallest absolute Gasteiger partial charge is 0.164 e. The zero-order chi connectivity index (χ0) is 44.6. The molecule has 0 aliphatic rings. The van der Waals surface area contributed by atoms with Crippen molar-refractivity contribution in [1.29, 1.82) is 0 Å². The van der Waals surface area contributed by atoms with Gasteiger partial charge in [0.25, 0.3) is 0 Å². The van der Waals surface area contributed by atoms with Crippen LogP contribution < -0.4 is 0 Å². The lowest BCUT2D eigenvalue weighted by atomic mass is 9.99. The van der Waals surface area contributed by atoms with Crippen LogP contribution in [-0.2, 0) is 0 Å². The van der Waals surface area contributed by atoms with Crippen LogP contribution in [0.3, 0.4) is 0 Å². The first kappa shape index (κ1) is 44.0. The molecule has 0 spiro atoms. The molecule has 0 aliphatic heterocycles. The quantitative estimate of drug-likeness (QED) is 0.0964. The van der Waals surface area contributed by atoms with Crippen LogP contribution >= 0.6 is 22.7 Å². The molecule has 4 aromatic heterocycles. The van der Waals surface area contributed by atoms with Crippen LogP contribution in [0.15, 0.2) is 166 Å². The first-order valence-electron chi connectivity index (χ1n) is 20.9. The van der Waals surface area contributed by atoms with Crippen LogP contribution in [0.5, 0.6) is 0 Å². The minimum atomic E-state index is 0.568. The van der Waals surface area contributed by atoms with Gasteiger partial charge in [0.1, 0.15) is 5.01 Å². The fraction of sp³-hybridized carbons (Fsp3) is 0.107. The summed E-state index contributed by atoms with van der Waals surface area (Å²) in [6.07, 6.45) is 29.8. The van der Waals surface area contributed by atoms with Gasteiger partial charge >= 0.3 is 0 Å². The number of thiazole rings is 1. The molecule has 0 radical (unpaired) electrons. The number of nitrogens with zero attached hydrogens (tertiary/aromatic N) is 5. The van der Waals surface area contributed by atoms with Gasteiger partial charge in [0, 0.05) is 54.0 Å². The lowest BCUT2D eigenvalue weighted by molar-refractivity contribution is 0.998. The number of hydrogen-bond donors (Lipinski definition) is 0. The van der Waals surface area contributed by atoms with Crippen molar-refractivity contribution in [3.8, 4) is 11.4 Å². The van der Waals surface area contributed by atoms with Gasteiger partial charge in [-0.15, -0.1) is 22.7 Å². The van der Waals surface area contributed by atoms with E-state index in [0.29, 0.717) is 17.5 Å². The Hall–Kier alpha value is -7.06. The number of rotatable bonds is 15. The van der Waals surface area contributed by atoms with Crippen molar-refractivity contribution >= 4 is 93.2 Å². The molecule has 312 valence electrons. The van der Waals surface area contributed by atoms with Crippen LogP contribution in [0.25, 0.3) is 81.9 Å². The fourth-order valence-corrected chi connectivity index (χ4v) is 9.86. The highest BCUT2D eigenvalue weighted by Gasteiger charge is 2.20. The predicted octanol–water partition coefficient (Wildman–Crippen LogP) is 16.1. The van der Waals surface area contributed by atoms with Gasteiger partial charge in [-0.25, -0.2) is 19.9 Å². The molecule has 7 rings (SSSR count). The molecule has 5 nitrogen and oxygen atoms in total. The molecule has 0 atom stereocenters. The summed E-state index contributed by atoms with van der Waals surface area (Å²) in [5.74, 6) is 1.74. The Bertz CT molecular complexity index is 3200. The molecular weight excluding hydrogens is 807 g/mol. The number of benzene rings is 3. The van der Waals surface area contributed by atoms with Gasteiger partial charge in [0.05, 0.1) is 10.2 Å². The van der Waals surface area contributed by atoms with Crippen LogP contribution in [0.4, 0.5) is 0 Å². The van der Waals surface area contributed by atoms with E-state index in [4.69, 9.17) is 19.9 Å². The number of allylic oxidation sites excluding steroid dienone is 18. The third kappa shape index (κ3) is 8.98. The van der Waals surface area contributed by atoms with E-state index in [-0.39, 0.29) is 0 Å². The van der Waals surface area contributed by atoms with Crippen molar-refractivity contribution in [2.24, 2.45) is 0 Å². The molecule has 3 aromatic carbocycles. The van der Waals surface area contributed by atoms with Crippen LogP contribution in [0, 0.1) is 13.8 Å². The summed E-state index contributed by atoms with van der Waals surface area (Å²) < 4.78 is 5.91. The maximum Gasteiger partial charge on any atom is 0.164 e. The second kappa shape index (κ2) is 19.8. The van der Waals surface area contributed by atoms with Gasteiger partial charge in [0.2, 0.25) is 0 Å². The van der Waals surface area contributed by atoms with E-state index < -0.39 is 0 Å². The number of aromatic nitrogens is 5. The number of fused-ring (bicyclic) bond motifs is 4. The Morgan fingerprint density at radius 1 is 0.714 bits per heavy atom. The third-order valence-corrected chi connectivity index (χ3v) is 13.2. The molecule has 0 unspecified atom stereocenters. The summed E-state index contributed by atoms with van der Waals surface area (Å²) in [5.41, 5.74) is 12.2. The zero-order valence-electron chi connectivity index (χ0n) is 36.8. The summed E-state index contributed by atoms with van der Waals surface area (Å²) in [6.45, 7) is 28.7. The summed E-state index contributed by atoms with van der Waals surface area (Å²) in [4.78, 5) is 19.9. The van der Waals surface area contributed by atoms with Gasteiger partial charge in [-0.3, -0.25) is 0 Å². The highest BCUT2D eigenvalue weighted by atomic mass is 32.1.